The zero-order chi connectivity index (χ0) is 20.6. The van der Waals surface area contributed by atoms with Crippen molar-refractivity contribution in [2.45, 2.75) is 33.4 Å². The molecule has 0 aliphatic carbocycles. The molecule has 2 N–H and O–H groups in total. The average Bonchev–Trinajstić information content (AvgIpc) is 3.34. The van der Waals surface area contributed by atoms with Gasteiger partial charge in [-0.15, -0.1) is 45.5 Å². The molecule has 3 aromatic rings. The van der Waals surface area contributed by atoms with Gasteiger partial charge in [0.1, 0.15) is 11.6 Å². The maximum atomic E-state index is 5.37. The molecule has 0 radical (unpaired) electrons. The maximum absolute atomic E-state index is 5.37. The van der Waals surface area contributed by atoms with Crippen LogP contribution in [-0.2, 0) is 26.6 Å². The van der Waals surface area contributed by atoms with Crippen LogP contribution < -0.4 is 15.4 Å². The molecule has 0 bridgehead atoms. The van der Waals surface area contributed by atoms with E-state index in [0.717, 1.165) is 47.5 Å². The summed E-state index contributed by atoms with van der Waals surface area (Å²) < 4.78 is 7.35. The molecular weight excluding hydrogens is 511 g/mol. The van der Waals surface area contributed by atoms with Gasteiger partial charge in [0, 0.05) is 18.5 Å². The minimum Gasteiger partial charge on any atom is -0.497 e. The van der Waals surface area contributed by atoms with E-state index < -0.39 is 0 Å². The minimum atomic E-state index is 0. The summed E-state index contributed by atoms with van der Waals surface area (Å²) in [5.41, 5.74) is 2.26. The maximum Gasteiger partial charge on any atom is 0.191 e. The number of aliphatic imine (C=N–C) groups is 1. The molecule has 0 atom stereocenters. The average molecular weight is 540 g/mol. The van der Waals surface area contributed by atoms with E-state index in [0.29, 0.717) is 13.1 Å². The number of hydrogen-bond acceptors (Lipinski definition) is 5. The normalized spacial score (nSPS) is 11.1. The van der Waals surface area contributed by atoms with Crippen LogP contribution >= 0.6 is 35.3 Å². The van der Waals surface area contributed by atoms with E-state index >= 15 is 0 Å². The molecule has 0 fully saturated rings. The fraction of sp³-hybridized carbons (Fsp3) is 0.381. The Morgan fingerprint density at radius 2 is 2.03 bits per heavy atom. The van der Waals surface area contributed by atoms with Crippen LogP contribution in [0.5, 0.6) is 5.75 Å². The Bertz CT molecular complexity index is 955. The monoisotopic (exact) mass is 540 g/mol. The van der Waals surface area contributed by atoms with Crippen molar-refractivity contribution < 1.29 is 4.74 Å². The van der Waals surface area contributed by atoms with Crippen LogP contribution in [0, 0.1) is 13.8 Å². The zero-order valence-electron chi connectivity index (χ0n) is 17.8. The van der Waals surface area contributed by atoms with Crippen molar-refractivity contribution in [3.8, 4) is 5.75 Å². The van der Waals surface area contributed by atoms with Crippen LogP contribution in [-0.4, -0.2) is 34.4 Å². The van der Waals surface area contributed by atoms with E-state index in [9.17, 15) is 0 Å². The van der Waals surface area contributed by atoms with Crippen molar-refractivity contribution in [2.75, 3.05) is 13.7 Å². The van der Waals surface area contributed by atoms with Crippen LogP contribution in [0.25, 0.3) is 0 Å². The molecule has 3 rings (SSSR count). The summed E-state index contributed by atoms with van der Waals surface area (Å²) in [6.07, 6.45) is 0.958. The zero-order valence-corrected chi connectivity index (χ0v) is 21.0. The topological polar surface area (TPSA) is 76.4 Å². The first-order chi connectivity index (χ1) is 14.0. The van der Waals surface area contributed by atoms with Crippen LogP contribution in [0.3, 0.4) is 0 Å². The lowest BCUT2D eigenvalue weighted by molar-refractivity contribution is 0.414. The number of aryl methyl sites for hydroxylation is 2. The van der Waals surface area contributed by atoms with Crippen molar-refractivity contribution in [1.29, 1.82) is 0 Å². The fourth-order valence-corrected chi connectivity index (χ4v) is 3.61. The predicted octanol–water partition coefficient (Wildman–Crippen LogP) is 3.60. The number of nitrogens with one attached hydrogen (secondary N) is 2. The smallest absolute Gasteiger partial charge is 0.191 e. The van der Waals surface area contributed by atoms with E-state index in [2.05, 4.69) is 51.3 Å². The van der Waals surface area contributed by atoms with E-state index in [4.69, 9.17) is 9.73 Å². The molecule has 2 heterocycles. The summed E-state index contributed by atoms with van der Waals surface area (Å²) in [4.78, 5) is 6.12. The van der Waals surface area contributed by atoms with Crippen molar-refractivity contribution in [2.24, 2.45) is 12.0 Å². The summed E-state index contributed by atoms with van der Waals surface area (Å²) in [6, 6.07) is 10.4. The van der Waals surface area contributed by atoms with Crippen LogP contribution in [0.2, 0.25) is 0 Å². The second-order valence-corrected chi connectivity index (χ2v) is 7.89. The first kappa shape index (κ1) is 24.1. The van der Waals surface area contributed by atoms with Crippen molar-refractivity contribution in [3.05, 3.63) is 63.4 Å². The number of ether oxygens (including phenoxy) is 1. The Morgan fingerprint density at radius 3 is 2.70 bits per heavy atom. The second-order valence-electron chi connectivity index (χ2n) is 6.86. The first-order valence-electron chi connectivity index (χ1n) is 9.59. The highest BCUT2D eigenvalue weighted by Gasteiger charge is 2.07. The fourth-order valence-electron chi connectivity index (χ4n) is 2.91. The van der Waals surface area contributed by atoms with Crippen LogP contribution in [0.15, 0.2) is 40.7 Å². The Balaban J connectivity index is 0.00000320. The summed E-state index contributed by atoms with van der Waals surface area (Å²) >= 11 is 1.77. The highest BCUT2D eigenvalue weighted by Crippen LogP contribution is 2.17. The Hall–Kier alpha value is -2.14. The number of rotatable bonds is 8. The van der Waals surface area contributed by atoms with E-state index in [1.165, 1.54) is 4.88 Å². The van der Waals surface area contributed by atoms with E-state index in [1.807, 2.05) is 30.7 Å². The quantitative estimate of drug-likeness (QED) is 0.260. The van der Waals surface area contributed by atoms with Crippen LogP contribution in [0.1, 0.15) is 27.7 Å². The summed E-state index contributed by atoms with van der Waals surface area (Å²) in [6.45, 7) is 5.92. The number of thiophene rings is 1. The molecule has 0 aliphatic heterocycles. The summed E-state index contributed by atoms with van der Waals surface area (Å²) in [5, 5.41) is 17.2. The molecule has 7 nitrogen and oxygen atoms in total. The molecule has 9 heteroatoms. The lowest BCUT2D eigenvalue weighted by Gasteiger charge is -2.13. The van der Waals surface area contributed by atoms with Gasteiger partial charge in [-0.1, -0.05) is 12.1 Å². The molecule has 0 saturated carbocycles. The molecule has 1 aromatic carbocycles. The minimum absolute atomic E-state index is 0. The first-order valence-corrected chi connectivity index (χ1v) is 10.5. The third-order valence-electron chi connectivity index (χ3n) is 4.61. The molecule has 0 unspecified atom stereocenters. The molecule has 162 valence electrons. The number of nitrogens with zero attached hydrogens (tertiary/aromatic N) is 4. The van der Waals surface area contributed by atoms with Gasteiger partial charge in [0.05, 0.1) is 20.2 Å². The Morgan fingerprint density at radius 1 is 1.20 bits per heavy atom. The van der Waals surface area contributed by atoms with Gasteiger partial charge in [-0.3, -0.25) is 0 Å². The van der Waals surface area contributed by atoms with Gasteiger partial charge in [-0.25, -0.2) is 4.99 Å². The van der Waals surface area contributed by atoms with Crippen molar-refractivity contribution in [3.63, 3.8) is 0 Å². The van der Waals surface area contributed by atoms with Gasteiger partial charge < -0.3 is 19.9 Å². The highest BCUT2D eigenvalue weighted by atomic mass is 127. The van der Waals surface area contributed by atoms with Crippen molar-refractivity contribution in [1.82, 2.24) is 25.4 Å². The lowest BCUT2D eigenvalue weighted by Crippen LogP contribution is -2.38. The predicted molar refractivity (Wildman–Crippen MR) is 133 cm³/mol. The number of halogens is 1. The number of benzene rings is 1. The summed E-state index contributed by atoms with van der Waals surface area (Å²) in [5.74, 6) is 3.36. The van der Waals surface area contributed by atoms with Gasteiger partial charge in [0.2, 0.25) is 0 Å². The molecule has 0 aliphatic rings. The van der Waals surface area contributed by atoms with Gasteiger partial charge in [-0.2, -0.15) is 0 Å². The van der Waals surface area contributed by atoms with Crippen LogP contribution in [0.4, 0.5) is 0 Å². The number of hydrogen-bond donors (Lipinski definition) is 2. The highest BCUT2D eigenvalue weighted by molar-refractivity contribution is 14.0. The molecule has 0 spiro atoms. The summed E-state index contributed by atoms with van der Waals surface area (Å²) in [7, 11) is 3.65. The third-order valence-corrected chi connectivity index (χ3v) is 5.54. The molecule has 0 amide bonds. The van der Waals surface area contributed by atoms with E-state index in [-0.39, 0.29) is 24.0 Å². The van der Waals surface area contributed by atoms with Gasteiger partial charge in [0.15, 0.2) is 11.8 Å². The molecule has 0 saturated heterocycles. The number of methoxy groups -OCH3 is 1. The standard InChI is InChI=1S/C21H28N6OS.HI/c1-15-10-17(12-18(11-15)28-4)13-23-21(22-8-7-19-6-5-9-29-19)24-14-20-26-25-16(2)27(20)3;/h5-6,9-12H,7-8,13-14H2,1-4H3,(H2,22,23,24);1H. The van der Waals surface area contributed by atoms with Gasteiger partial charge in [0.25, 0.3) is 0 Å². The number of guanidine groups is 1. The lowest BCUT2D eigenvalue weighted by atomic mass is 10.1. The molecule has 2 aromatic heterocycles. The largest absolute Gasteiger partial charge is 0.497 e. The van der Waals surface area contributed by atoms with Gasteiger partial charge >= 0.3 is 0 Å². The molecule has 30 heavy (non-hydrogen) atoms. The SMILES string of the molecule is COc1cc(C)cc(CN=C(NCCc2cccs2)NCc2nnc(C)n2C)c1.I. The Kier molecular flexibility index (Phi) is 9.57. The molecular formula is C21H29IN6OS. The van der Waals surface area contributed by atoms with Gasteiger partial charge in [-0.05, 0) is 55.0 Å². The van der Waals surface area contributed by atoms with E-state index in [1.54, 1.807) is 18.4 Å². The third kappa shape index (κ3) is 6.98. The van der Waals surface area contributed by atoms with Crippen molar-refractivity contribution >= 4 is 41.3 Å². The second kappa shape index (κ2) is 11.9. The number of aromatic nitrogens is 3. The Labute approximate surface area is 199 Å².